The van der Waals surface area contributed by atoms with E-state index in [1.54, 1.807) is 29.2 Å². The van der Waals surface area contributed by atoms with Gasteiger partial charge in [-0.25, -0.2) is 0 Å². The molecule has 5 nitrogen and oxygen atoms in total. The van der Waals surface area contributed by atoms with E-state index in [2.05, 4.69) is 5.32 Å². The third kappa shape index (κ3) is 4.17. The van der Waals surface area contributed by atoms with E-state index in [0.29, 0.717) is 22.9 Å². The van der Waals surface area contributed by atoms with Gasteiger partial charge in [-0.05, 0) is 67.8 Å². The summed E-state index contributed by atoms with van der Waals surface area (Å²) in [6.45, 7) is 4.47. The highest BCUT2D eigenvalue weighted by atomic mass is 35.5. The van der Waals surface area contributed by atoms with Gasteiger partial charge in [-0.1, -0.05) is 11.6 Å². The summed E-state index contributed by atoms with van der Waals surface area (Å²) in [7, 11) is 0. The highest BCUT2D eigenvalue weighted by Crippen LogP contribution is 2.27. The van der Waals surface area contributed by atoms with Crippen LogP contribution in [0.3, 0.4) is 0 Å². The Morgan fingerprint density at radius 3 is 2.65 bits per heavy atom. The van der Waals surface area contributed by atoms with Crippen LogP contribution >= 0.6 is 11.6 Å². The third-order valence-corrected chi connectivity index (χ3v) is 4.77. The smallest absolute Gasteiger partial charge is 0.262 e. The maximum atomic E-state index is 12.1. The second-order valence-electron chi connectivity index (χ2n) is 6.40. The second-order valence-corrected chi connectivity index (χ2v) is 6.81. The number of rotatable bonds is 5. The summed E-state index contributed by atoms with van der Waals surface area (Å²) in [6, 6.07) is 10.8. The predicted octanol–water partition coefficient (Wildman–Crippen LogP) is 4.10. The van der Waals surface area contributed by atoms with Crippen molar-refractivity contribution >= 4 is 34.8 Å². The fraction of sp³-hybridized carbons (Fsp3) is 0.300. The molecule has 1 fully saturated rings. The van der Waals surface area contributed by atoms with Gasteiger partial charge in [0.05, 0.1) is 0 Å². The fourth-order valence-corrected chi connectivity index (χ4v) is 3.11. The standard InChI is InChI=1S/C20H21ClN2O3/c1-13-11-16(6-7-17(13)21)26-12-19(24)22-15-5-8-18(14(2)10-15)23-9-3-4-20(23)25/h5-8,10-11H,3-4,9,12H2,1-2H3,(H,22,24). The van der Waals surface area contributed by atoms with Gasteiger partial charge in [0.2, 0.25) is 5.91 Å². The lowest BCUT2D eigenvalue weighted by molar-refractivity contribution is -0.118. The number of hydrogen-bond donors (Lipinski definition) is 1. The number of halogens is 1. The first-order chi connectivity index (χ1) is 12.4. The minimum atomic E-state index is -0.248. The normalized spacial score (nSPS) is 13.8. The molecule has 3 rings (SSSR count). The lowest BCUT2D eigenvalue weighted by atomic mass is 10.1. The summed E-state index contributed by atoms with van der Waals surface area (Å²) in [5, 5.41) is 3.48. The number of ether oxygens (including phenoxy) is 1. The summed E-state index contributed by atoms with van der Waals surface area (Å²) >= 11 is 5.97. The largest absolute Gasteiger partial charge is 0.484 e. The number of amides is 2. The van der Waals surface area contributed by atoms with Crippen LogP contribution in [0.25, 0.3) is 0 Å². The Morgan fingerprint density at radius 2 is 2.00 bits per heavy atom. The van der Waals surface area contributed by atoms with Gasteiger partial charge in [0, 0.05) is 29.4 Å². The lowest BCUT2D eigenvalue weighted by Crippen LogP contribution is -2.24. The van der Waals surface area contributed by atoms with E-state index in [9.17, 15) is 9.59 Å². The highest BCUT2D eigenvalue weighted by Gasteiger charge is 2.23. The monoisotopic (exact) mass is 372 g/mol. The number of hydrogen-bond acceptors (Lipinski definition) is 3. The Balaban J connectivity index is 1.59. The van der Waals surface area contributed by atoms with Crippen LogP contribution in [-0.4, -0.2) is 25.0 Å². The molecule has 26 heavy (non-hydrogen) atoms. The summed E-state index contributed by atoms with van der Waals surface area (Å²) in [4.78, 5) is 25.8. The minimum absolute atomic E-state index is 0.0908. The zero-order chi connectivity index (χ0) is 18.7. The highest BCUT2D eigenvalue weighted by molar-refractivity contribution is 6.31. The molecule has 136 valence electrons. The molecule has 0 unspecified atom stereocenters. The first kappa shape index (κ1) is 18.3. The molecule has 1 aliphatic rings. The van der Waals surface area contributed by atoms with Crippen molar-refractivity contribution in [3.05, 3.63) is 52.5 Å². The Bertz CT molecular complexity index is 851. The predicted molar refractivity (Wildman–Crippen MR) is 103 cm³/mol. The van der Waals surface area contributed by atoms with Crippen LogP contribution in [-0.2, 0) is 9.59 Å². The maximum Gasteiger partial charge on any atom is 0.262 e. The van der Waals surface area contributed by atoms with Gasteiger partial charge in [-0.15, -0.1) is 0 Å². The summed E-state index contributed by atoms with van der Waals surface area (Å²) in [5.41, 5.74) is 3.43. The van der Waals surface area contributed by atoms with Gasteiger partial charge in [0.15, 0.2) is 6.61 Å². The van der Waals surface area contributed by atoms with Crippen molar-refractivity contribution < 1.29 is 14.3 Å². The Kier molecular flexibility index (Phi) is 5.47. The van der Waals surface area contributed by atoms with E-state index in [-0.39, 0.29) is 18.4 Å². The Morgan fingerprint density at radius 1 is 1.19 bits per heavy atom. The van der Waals surface area contributed by atoms with Crippen LogP contribution in [0, 0.1) is 13.8 Å². The molecule has 0 bridgehead atoms. The first-order valence-corrected chi connectivity index (χ1v) is 8.91. The van der Waals surface area contributed by atoms with E-state index in [1.807, 2.05) is 26.0 Å². The fourth-order valence-electron chi connectivity index (χ4n) is 2.99. The van der Waals surface area contributed by atoms with Crippen LogP contribution in [0.5, 0.6) is 5.75 Å². The van der Waals surface area contributed by atoms with Gasteiger partial charge >= 0.3 is 0 Å². The average Bonchev–Trinajstić information content (AvgIpc) is 3.02. The molecule has 1 N–H and O–H groups in total. The van der Waals surface area contributed by atoms with E-state index in [0.717, 1.165) is 29.8 Å². The van der Waals surface area contributed by atoms with Crippen LogP contribution in [0.2, 0.25) is 5.02 Å². The molecule has 2 aromatic rings. The van der Waals surface area contributed by atoms with E-state index in [4.69, 9.17) is 16.3 Å². The van der Waals surface area contributed by atoms with Gasteiger partial charge in [-0.2, -0.15) is 0 Å². The quantitative estimate of drug-likeness (QED) is 0.859. The number of nitrogens with zero attached hydrogens (tertiary/aromatic N) is 1. The average molecular weight is 373 g/mol. The number of nitrogens with one attached hydrogen (secondary N) is 1. The zero-order valence-corrected chi connectivity index (χ0v) is 15.6. The molecule has 1 aliphatic heterocycles. The van der Waals surface area contributed by atoms with Crippen molar-refractivity contribution in [3.63, 3.8) is 0 Å². The van der Waals surface area contributed by atoms with Crippen molar-refractivity contribution in [2.24, 2.45) is 0 Å². The topological polar surface area (TPSA) is 58.6 Å². The van der Waals surface area contributed by atoms with Gasteiger partial charge in [0.25, 0.3) is 5.91 Å². The number of anilines is 2. The summed E-state index contributed by atoms with van der Waals surface area (Å²) in [5.74, 6) is 0.500. The van der Waals surface area contributed by atoms with Crippen LogP contribution in [0.1, 0.15) is 24.0 Å². The summed E-state index contributed by atoms with van der Waals surface area (Å²) < 4.78 is 5.50. The van der Waals surface area contributed by atoms with E-state index < -0.39 is 0 Å². The van der Waals surface area contributed by atoms with Crippen molar-refractivity contribution in [2.75, 3.05) is 23.4 Å². The molecule has 1 heterocycles. The molecular formula is C20H21ClN2O3. The van der Waals surface area contributed by atoms with Gasteiger partial charge in [0.1, 0.15) is 5.75 Å². The first-order valence-electron chi connectivity index (χ1n) is 8.54. The minimum Gasteiger partial charge on any atom is -0.484 e. The summed E-state index contributed by atoms with van der Waals surface area (Å²) in [6.07, 6.45) is 1.48. The van der Waals surface area contributed by atoms with Crippen molar-refractivity contribution in [1.29, 1.82) is 0 Å². The number of carbonyl (C=O) groups is 2. The molecular weight excluding hydrogens is 352 g/mol. The lowest BCUT2D eigenvalue weighted by Gasteiger charge is -2.19. The molecule has 6 heteroatoms. The molecule has 2 amide bonds. The van der Waals surface area contributed by atoms with Gasteiger partial charge in [-0.3, -0.25) is 9.59 Å². The zero-order valence-electron chi connectivity index (χ0n) is 14.8. The molecule has 0 saturated carbocycles. The molecule has 0 atom stereocenters. The molecule has 1 saturated heterocycles. The molecule has 0 radical (unpaired) electrons. The number of carbonyl (C=O) groups excluding carboxylic acids is 2. The van der Waals surface area contributed by atoms with Crippen molar-refractivity contribution in [3.8, 4) is 5.75 Å². The Hall–Kier alpha value is -2.53. The van der Waals surface area contributed by atoms with Crippen LogP contribution < -0.4 is 15.0 Å². The Labute approximate surface area is 157 Å². The molecule has 2 aromatic carbocycles. The second kappa shape index (κ2) is 7.79. The molecule has 0 aliphatic carbocycles. The maximum absolute atomic E-state index is 12.1. The van der Waals surface area contributed by atoms with Crippen LogP contribution in [0.15, 0.2) is 36.4 Å². The third-order valence-electron chi connectivity index (χ3n) is 4.34. The molecule has 0 spiro atoms. The van der Waals surface area contributed by atoms with Crippen molar-refractivity contribution in [2.45, 2.75) is 26.7 Å². The number of aryl methyl sites for hydroxylation is 2. The van der Waals surface area contributed by atoms with E-state index >= 15 is 0 Å². The van der Waals surface area contributed by atoms with E-state index in [1.165, 1.54) is 0 Å². The SMILES string of the molecule is Cc1cc(OCC(=O)Nc2ccc(N3CCCC3=O)c(C)c2)ccc1Cl. The van der Waals surface area contributed by atoms with Gasteiger partial charge < -0.3 is 15.0 Å². The van der Waals surface area contributed by atoms with Crippen LogP contribution in [0.4, 0.5) is 11.4 Å². The molecule has 0 aromatic heterocycles. The van der Waals surface area contributed by atoms with Crippen molar-refractivity contribution in [1.82, 2.24) is 0 Å². The number of benzene rings is 2.